The second-order valence-electron chi connectivity index (χ2n) is 4.60. The van der Waals surface area contributed by atoms with Gasteiger partial charge in [0.25, 0.3) is 0 Å². The number of hydrogen-bond donors (Lipinski definition) is 2. The molecule has 1 rings (SSSR count). The van der Waals surface area contributed by atoms with Crippen molar-refractivity contribution in [2.75, 3.05) is 12.9 Å². The van der Waals surface area contributed by atoms with Crippen LogP contribution in [0.1, 0.15) is 19.4 Å². The van der Waals surface area contributed by atoms with E-state index in [4.69, 9.17) is 5.11 Å². The first kappa shape index (κ1) is 15.1. The molecular formula is C14H21NO2S. The van der Waals surface area contributed by atoms with Gasteiger partial charge in [0.15, 0.2) is 0 Å². The van der Waals surface area contributed by atoms with Gasteiger partial charge in [-0.2, -0.15) is 0 Å². The summed E-state index contributed by atoms with van der Waals surface area (Å²) in [6, 6.07) is 8.10. The van der Waals surface area contributed by atoms with Crippen LogP contribution in [0.2, 0.25) is 0 Å². The number of nitrogens with one attached hydrogen (secondary N) is 1. The quantitative estimate of drug-likeness (QED) is 0.778. The summed E-state index contributed by atoms with van der Waals surface area (Å²) in [6.07, 6.45) is 2.03. The summed E-state index contributed by atoms with van der Waals surface area (Å²) in [5, 5.41) is 12.0. The van der Waals surface area contributed by atoms with E-state index in [1.807, 2.05) is 44.4 Å². The molecule has 2 N–H and O–H groups in total. The number of aliphatic hydroxyl groups is 1. The summed E-state index contributed by atoms with van der Waals surface area (Å²) in [5.41, 5.74) is 1.07. The third kappa shape index (κ3) is 4.35. The summed E-state index contributed by atoms with van der Waals surface area (Å²) < 4.78 is 0. The molecule has 0 aliphatic rings. The number of amides is 1. The van der Waals surface area contributed by atoms with Gasteiger partial charge in [-0.15, -0.1) is 11.8 Å². The van der Waals surface area contributed by atoms with Gasteiger partial charge in [0.05, 0.1) is 12.5 Å². The summed E-state index contributed by atoms with van der Waals surface area (Å²) in [7, 11) is 0. The predicted octanol–water partition coefficient (Wildman–Crippen LogP) is 2.29. The molecule has 0 saturated heterocycles. The van der Waals surface area contributed by atoms with Gasteiger partial charge in [0.1, 0.15) is 0 Å². The molecule has 1 unspecified atom stereocenters. The highest BCUT2D eigenvalue weighted by Gasteiger charge is 2.20. The van der Waals surface area contributed by atoms with Crippen molar-refractivity contribution in [2.24, 2.45) is 11.8 Å². The minimum Gasteiger partial charge on any atom is -0.396 e. The zero-order valence-electron chi connectivity index (χ0n) is 11.1. The van der Waals surface area contributed by atoms with Crippen molar-refractivity contribution in [3.8, 4) is 0 Å². The van der Waals surface area contributed by atoms with Gasteiger partial charge >= 0.3 is 0 Å². The van der Waals surface area contributed by atoms with E-state index < -0.39 is 0 Å². The molecular weight excluding hydrogens is 246 g/mol. The smallest absolute Gasteiger partial charge is 0.225 e. The van der Waals surface area contributed by atoms with Crippen LogP contribution in [0.15, 0.2) is 29.2 Å². The molecule has 18 heavy (non-hydrogen) atoms. The lowest BCUT2D eigenvalue weighted by molar-refractivity contribution is -0.127. The number of rotatable bonds is 6. The summed E-state index contributed by atoms with van der Waals surface area (Å²) in [6.45, 7) is 4.28. The Bertz CT molecular complexity index is 376. The molecule has 0 aromatic heterocycles. The van der Waals surface area contributed by atoms with Crippen LogP contribution in [-0.4, -0.2) is 23.9 Å². The Morgan fingerprint density at radius 3 is 2.39 bits per heavy atom. The molecule has 1 aromatic carbocycles. The molecule has 0 saturated carbocycles. The van der Waals surface area contributed by atoms with Crippen LogP contribution in [0.4, 0.5) is 0 Å². The van der Waals surface area contributed by atoms with Crippen LogP contribution < -0.4 is 5.32 Å². The van der Waals surface area contributed by atoms with E-state index in [9.17, 15) is 4.79 Å². The first-order valence-electron chi connectivity index (χ1n) is 6.10. The molecule has 0 aliphatic heterocycles. The maximum absolute atomic E-state index is 11.8. The molecule has 0 fully saturated rings. The average Bonchev–Trinajstić information content (AvgIpc) is 2.37. The Hall–Kier alpha value is -1.00. The molecule has 0 heterocycles. The molecule has 0 spiro atoms. The number of aliphatic hydroxyl groups excluding tert-OH is 1. The SMILES string of the molecule is CSc1ccc(CNC(=O)C(CO)C(C)C)cc1. The third-order valence-corrected chi connectivity index (χ3v) is 3.71. The van der Waals surface area contributed by atoms with Crippen LogP contribution in [0.25, 0.3) is 0 Å². The molecule has 3 nitrogen and oxygen atoms in total. The number of carbonyl (C=O) groups is 1. The van der Waals surface area contributed by atoms with Crippen molar-refractivity contribution in [1.82, 2.24) is 5.32 Å². The first-order valence-corrected chi connectivity index (χ1v) is 7.32. The van der Waals surface area contributed by atoms with Crippen molar-refractivity contribution in [2.45, 2.75) is 25.3 Å². The second kappa shape index (κ2) is 7.44. The normalized spacial score (nSPS) is 12.5. The first-order chi connectivity index (χ1) is 8.58. The molecule has 1 atom stereocenters. The van der Waals surface area contributed by atoms with Gasteiger partial charge in [-0.25, -0.2) is 0 Å². The Kier molecular flexibility index (Phi) is 6.22. The average molecular weight is 267 g/mol. The number of hydrogen-bond acceptors (Lipinski definition) is 3. The van der Waals surface area contributed by atoms with Crippen molar-refractivity contribution in [1.29, 1.82) is 0 Å². The lowest BCUT2D eigenvalue weighted by Crippen LogP contribution is -2.35. The van der Waals surface area contributed by atoms with Crippen LogP contribution >= 0.6 is 11.8 Å². The highest BCUT2D eigenvalue weighted by Crippen LogP contribution is 2.15. The molecule has 1 aromatic rings. The van der Waals surface area contributed by atoms with E-state index >= 15 is 0 Å². The maximum atomic E-state index is 11.8. The monoisotopic (exact) mass is 267 g/mol. The molecule has 100 valence electrons. The third-order valence-electron chi connectivity index (χ3n) is 2.96. The highest BCUT2D eigenvalue weighted by molar-refractivity contribution is 7.98. The van der Waals surface area contributed by atoms with Crippen molar-refractivity contribution < 1.29 is 9.90 Å². The van der Waals surface area contributed by atoms with E-state index in [1.54, 1.807) is 11.8 Å². The minimum atomic E-state index is -0.324. The zero-order chi connectivity index (χ0) is 13.5. The van der Waals surface area contributed by atoms with Gasteiger partial charge in [-0.3, -0.25) is 4.79 Å². The van der Waals surface area contributed by atoms with Crippen LogP contribution in [0.3, 0.4) is 0 Å². The lowest BCUT2D eigenvalue weighted by Gasteiger charge is -2.17. The van der Waals surface area contributed by atoms with Crippen LogP contribution in [-0.2, 0) is 11.3 Å². The Labute approximate surface area is 113 Å². The largest absolute Gasteiger partial charge is 0.396 e. The topological polar surface area (TPSA) is 49.3 Å². The second-order valence-corrected chi connectivity index (χ2v) is 5.48. The van der Waals surface area contributed by atoms with Gasteiger partial charge in [-0.05, 0) is 29.9 Å². The fraction of sp³-hybridized carbons (Fsp3) is 0.500. The summed E-state index contributed by atoms with van der Waals surface area (Å²) in [5.74, 6) is -0.259. The van der Waals surface area contributed by atoms with Crippen molar-refractivity contribution in [3.63, 3.8) is 0 Å². The standard InChI is InChI=1S/C14H21NO2S/c1-10(2)13(9-16)14(17)15-8-11-4-6-12(18-3)7-5-11/h4-7,10,13,16H,8-9H2,1-3H3,(H,15,17). The molecule has 4 heteroatoms. The van der Waals surface area contributed by atoms with Gasteiger partial charge in [0.2, 0.25) is 5.91 Å². The number of benzene rings is 1. The van der Waals surface area contributed by atoms with E-state index in [2.05, 4.69) is 5.32 Å². The number of carbonyl (C=O) groups excluding carboxylic acids is 1. The molecule has 0 radical (unpaired) electrons. The van der Waals surface area contributed by atoms with E-state index in [0.29, 0.717) is 6.54 Å². The number of thioether (sulfide) groups is 1. The summed E-state index contributed by atoms with van der Waals surface area (Å²) >= 11 is 1.69. The minimum absolute atomic E-state index is 0.0820. The highest BCUT2D eigenvalue weighted by atomic mass is 32.2. The Morgan fingerprint density at radius 1 is 1.33 bits per heavy atom. The zero-order valence-corrected chi connectivity index (χ0v) is 12.0. The molecule has 0 aliphatic carbocycles. The van der Waals surface area contributed by atoms with Crippen LogP contribution in [0, 0.1) is 11.8 Å². The van der Waals surface area contributed by atoms with E-state index in [-0.39, 0.29) is 24.3 Å². The van der Waals surface area contributed by atoms with Crippen molar-refractivity contribution in [3.05, 3.63) is 29.8 Å². The van der Waals surface area contributed by atoms with E-state index in [1.165, 1.54) is 4.90 Å². The van der Waals surface area contributed by atoms with Gasteiger partial charge < -0.3 is 10.4 Å². The molecule has 1 amide bonds. The van der Waals surface area contributed by atoms with Crippen molar-refractivity contribution >= 4 is 17.7 Å². The van der Waals surface area contributed by atoms with Crippen LogP contribution in [0.5, 0.6) is 0 Å². The summed E-state index contributed by atoms with van der Waals surface area (Å²) in [4.78, 5) is 13.0. The van der Waals surface area contributed by atoms with Gasteiger partial charge in [0, 0.05) is 11.4 Å². The Balaban J connectivity index is 2.51. The van der Waals surface area contributed by atoms with E-state index in [0.717, 1.165) is 5.56 Å². The Morgan fingerprint density at radius 2 is 1.94 bits per heavy atom. The lowest BCUT2D eigenvalue weighted by atomic mass is 9.96. The fourth-order valence-corrected chi connectivity index (χ4v) is 2.07. The predicted molar refractivity (Wildman–Crippen MR) is 75.5 cm³/mol. The fourth-order valence-electron chi connectivity index (χ4n) is 1.66. The van der Waals surface area contributed by atoms with Gasteiger partial charge in [-0.1, -0.05) is 26.0 Å². The maximum Gasteiger partial charge on any atom is 0.225 e. The molecule has 0 bridgehead atoms.